The first kappa shape index (κ1) is 20.5. The SMILES string of the molecule is Cc1occc1C(=O)N(CCC(=O)NCc1ccc2c(c1)OCO2)Cc1ccccc1. The minimum absolute atomic E-state index is 0.132. The first-order valence-electron chi connectivity index (χ1n) is 10.1. The number of hydrogen-bond donors (Lipinski definition) is 1. The maximum absolute atomic E-state index is 13.0. The number of ether oxygens (including phenoxy) is 2. The molecule has 0 saturated carbocycles. The van der Waals surface area contributed by atoms with Gasteiger partial charge in [-0.15, -0.1) is 0 Å². The van der Waals surface area contributed by atoms with Crippen LogP contribution in [0, 0.1) is 6.92 Å². The first-order valence-corrected chi connectivity index (χ1v) is 10.1. The summed E-state index contributed by atoms with van der Waals surface area (Å²) in [6.45, 7) is 3.06. The van der Waals surface area contributed by atoms with Gasteiger partial charge in [-0.1, -0.05) is 36.4 Å². The molecule has 3 aromatic rings. The summed E-state index contributed by atoms with van der Waals surface area (Å²) in [5.74, 6) is 1.67. The summed E-state index contributed by atoms with van der Waals surface area (Å²) in [5.41, 5.74) is 2.43. The van der Waals surface area contributed by atoms with Gasteiger partial charge in [-0.2, -0.15) is 0 Å². The van der Waals surface area contributed by atoms with Crippen LogP contribution >= 0.6 is 0 Å². The number of amides is 2. The smallest absolute Gasteiger partial charge is 0.257 e. The van der Waals surface area contributed by atoms with E-state index in [1.807, 2.05) is 48.5 Å². The topological polar surface area (TPSA) is 81.0 Å². The molecule has 1 aromatic heterocycles. The number of nitrogens with zero attached hydrogens (tertiary/aromatic N) is 1. The largest absolute Gasteiger partial charge is 0.469 e. The number of carbonyl (C=O) groups is 2. The number of nitrogens with one attached hydrogen (secondary N) is 1. The van der Waals surface area contributed by atoms with E-state index in [1.54, 1.807) is 17.9 Å². The van der Waals surface area contributed by atoms with Crippen molar-refractivity contribution in [3.63, 3.8) is 0 Å². The summed E-state index contributed by atoms with van der Waals surface area (Å²) in [5, 5.41) is 2.90. The summed E-state index contributed by atoms with van der Waals surface area (Å²) in [4.78, 5) is 27.2. The van der Waals surface area contributed by atoms with E-state index in [9.17, 15) is 9.59 Å². The molecular formula is C24H24N2O5. The third-order valence-electron chi connectivity index (χ3n) is 5.13. The standard InChI is InChI=1S/C24H24N2O5/c1-17-20(10-12-29-17)24(28)26(15-18-5-3-2-4-6-18)11-9-23(27)25-14-19-7-8-21-22(13-19)31-16-30-21/h2-8,10,12-13H,9,11,14-16H2,1H3,(H,25,27). The van der Waals surface area contributed by atoms with Gasteiger partial charge >= 0.3 is 0 Å². The quantitative estimate of drug-likeness (QED) is 0.601. The summed E-state index contributed by atoms with van der Waals surface area (Å²) in [7, 11) is 0. The second-order valence-electron chi connectivity index (χ2n) is 7.32. The molecule has 0 unspecified atom stereocenters. The van der Waals surface area contributed by atoms with E-state index in [1.165, 1.54) is 6.26 Å². The Labute approximate surface area is 180 Å². The third kappa shape index (κ3) is 5.06. The molecular weight excluding hydrogens is 396 g/mol. The number of carbonyl (C=O) groups excluding carboxylic acids is 2. The van der Waals surface area contributed by atoms with E-state index in [4.69, 9.17) is 13.9 Å². The van der Waals surface area contributed by atoms with Gasteiger partial charge in [0, 0.05) is 26.1 Å². The van der Waals surface area contributed by atoms with Crippen LogP contribution in [0.4, 0.5) is 0 Å². The Bertz CT molecular complexity index is 1060. The second kappa shape index (κ2) is 9.38. The van der Waals surface area contributed by atoms with Crippen molar-refractivity contribution in [3.05, 3.63) is 83.3 Å². The molecule has 7 nitrogen and oxygen atoms in total. The zero-order chi connectivity index (χ0) is 21.6. The normalized spacial score (nSPS) is 11.9. The zero-order valence-electron chi connectivity index (χ0n) is 17.3. The lowest BCUT2D eigenvalue weighted by Crippen LogP contribution is -2.35. The van der Waals surface area contributed by atoms with E-state index in [0.717, 1.165) is 11.1 Å². The highest BCUT2D eigenvalue weighted by Crippen LogP contribution is 2.32. The molecule has 0 atom stereocenters. The number of benzene rings is 2. The Kier molecular flexibility index (Phi) is 6.21. The van der Waals surface area contributed by atoms with Crippen molar-refractivity contribution >= 4 is 11.8 Å². The first-order chi connectivity index (χ1) is 15.1. The monoisotopic (exact) mass is 420 g/mol. The van der Waals surface area contributed by atoms with Crippen molar-refractivity contribution < 1.29 is 23.5 Å². The number of rotatable bonds is 8. The fraction of sp³-hybridized carbons (Fsp3) is 0.250. The molecule has 2 amide bonds. The van der Waals surface area contributed by atoms with Gasteiger partial charge in [-0.25, -0.2) is 0 Å². The van der Waals surface area contributed by atoms with E-state index in [2.05, 4.69) is 5.32 Å². The molecule has 0 aliphatic carbocycles. The predicted octanol–water partition coefficient (Wildman–Crippen LogP) is 3.67. The number of hydrogen-bond acceptors (Lipinski definition) is 5. The average Bonchev–Trinajstić information content (AvgIpc) is 3.43. The van der Waals surface area contributed by atoms with E-state index < -0.39 is 0 Å². The zero-order valence-corrected chi connectivity index (χ0v) is 17.3. The molecule has 1 aliphatic rings. The van der Waals surface area contributed by atoms with E-state index in [0.29, 0.717) is 42.5 Å². The van der Waals surface area contributed by atoms with Gasteiger partial charge in [0.15, 0.2) is 11.5 Å². The van der Waals surface area contributed by atoms with Crippen LogP contribution in [0.5, 0.6) is 11.5 Å². The molecule has 0 bridgehead atoms. The van der Waals surface area contributed by atoms with Crippen molar-refractivity contribution in [2.24, 2.45) is 0 Å². The Morgan fingerprint density at radius 2 is 1.81 bits per heavy atom. The number of furan rings is 1. The number of aryl methyl sites for hydroxylation is 1. The van der Waals surface area contributed by atoms with Gasteiger partial charge < -0.3 is 24.1 Å². The molecule has 1 N–H and O–H groups in total. The highest BCUT2D eigenvalue weighted by atomic mass is 16.7. The molecule has 0 fully saturated rings. The highest BCUT2D eigenvalue weighted by Gasteiger charge is 2.21. The lowest BCUT2D eigenvalue weighted by Gasteiger charge is -2.22. The summed E-state index contributed by atoms with van der Waals surface area (Å²) >= 11 is 0. The van der Waals surface area contributed by atoms with E-state index in [-0.39, 0.29) is 25.0 Å². The van der Waals surface area contributed by atoms with Crippen molar-refractivity contribution in [1.29, 1.82) is 0 Å². The molecule has 160 valence electrons. The van der Waals surface area contributed by atoms with E-state index >= 15 is 0 Å². The third-order valence-corrected chi connectivity index (χ3v) is 5.13. The van der Waals surface area contributed by atoms with Crippen LogP contribution in [0.2, 0.25) is 0 Å². The number of fused-ring (bicyclic) bond motifs is 1. The lowest BCUT2D eigenvalue weighted by molar-refractivity contribution is -0.121. The maximum atomic E-state index is 13.0. The summed E-state index contributed by atoms with van der Waals surface area (Å²) in [6, 6.07) is 16.9. The van der Waals surface area contributed by atoms with Gasteiger partial charge in [0.2, 0.25) is 12.7 Å². The lowest BCUT2D eigenvalue weighted by atomic mass is 10.1. The fourth-order valence-corrected chi connectivity index (χ4v) is 3.41. The molecule has 2 aromatic carbocycles. The van der Waals surface area contributed by atoms with Gasteiger partial charge in [-0.3, -0.25) is 9.59 Å². The molecule has 2 heterocycles. The van der Waals surface area contributed by atoms with Crippen molar-refractivity contribution in [2.45, 2.75) is 26.4 Å². The summed E-state index contributed by atoms with van der Waals surface area (Å²) < 4.78 is 16.0. The van der Waals surface area contributed by atoms with Crippen LogP contribution in [0.1, 0.15) is 33.7 Å². The Morgan fingerprint density at radius 1 is 1.00 bits per heavy atom. The van der Waals surface area contributed by atoms with Crippen LogP contribution in [-0.4, -0.2) is 30.1 Å². The van der Waals surface area contributed by atoms with Crippen LogP contribution in [0.15, 0.2) is 65.3 Å². The Morgan fingerprint density at radius 3 is 2.58 bits per heavy atom. The molecule has 1 aliphatic heterocycles. The van der Waals surface area contributed by atoms with Gasteiger partial charge in [-0.05, 0) is 36.2 Å². The van der Waals surface area contributed by atoms with Crippen molar-refractivity contribution in [2.75, 3.05) is 13.3 Å². The van der Waals surface area contributed by atoms with Crippen LogP contribution in [0.25, 0.3) is 0 Å². The predicted molar refractivity (Wildman–Crippen MR) is 114 cm³/mol. The fourth-order valence-electron chi connectivity index (χ4n) is 3.41. The average molecular weight is 420 g/mol. The molecule has 0 spiro atoms. The van der Waals surface area contributed by atoms with Gasteiger partial charge in [0.1, 0.15) is 5.76 Å². The van der Waals surface area contributed by atoms with Gasteiger partial charge in [0.25, 0.3) is 5.91 Å². The van der Waals surface area contributed by atoms with Gasteiger partial charge in [0.05, 0.1) is 11.8 Å². The molecule has 4 rings (SSSR count). The minimum atomic E-state index is -0.154. The summed E-state index contributed by atoms with van der Waals surface area (Å²) in [6.07, 6.45) is 1.70. The van der Waals surface area contributed by atoms with Crippen molar-refractivity contribution in [1.82, 2.24) is 10.2 Å². The van der Waals surface area contributed by atoms with Crippen molar-refractivity contribution in [3.8, 4) is 11.5 Å². The van der Waals surface area contributed by atoms with Crippen LogP contribution < -0.4 is 14.8 Å². The Balaban J connectivity index is 1.36. The van der Waals surface area contributed by atoms with Crippen LogP contribution in [0.3, 0.4) is 0 Å². The second-order valence-corrected chi connectivity index (χ2v) is 7.32. The highest BCUT2D eigenvalue weighted by molar-refractivity contribution is 5.95. The molecule has 31 heavy (non-hydrogen) atoms. The maximum Gasteiger partial charge on any atom is 0.257 e. The molecule has 0 saturated heterocycles. The Hall–Kier alpha value is -3.74. The van der Waals surface area contributed by atoms with Crippen LogP contribution in [-0.2, 0) is 17.9 Å². The molecule has 0 radical (unpaired) electrons. The minimum Gasteiger partial charge on any atom is -0.469 e. The molecule has 7 heteroatoms.